The Balaban J connectivity index is 1.55. The molecule has 1 aromatic heterocycles. The van der Waals surface area contributed by atoms with Crippen molar-refractivity contribution in [3.05, 3.63) is 54.0 Å². The molecule has 1 unspecified atom stereocenters. The molecule has 1 aromatic carbocycles. The number of hydrogen-bond donors (Lipinski definition) is 0. The molecule has 1 fully saturated rings. The van der Waals surface area contributed by atoms with Crippen LogP contribution in [-0.4, -0.2) is 59.7 Å². The van der Waals surface area contributed by atoms with E-state index in [0.29, 0.717) is 43.3 Å². The summed E-state index contributed by atoms with van der Waals surface area (Å²) in [5.74, 6) is 0.412. The van der Waals surface area contributed by atoms with Gasteiger partial charge in [-0.3, -0.25) is 14.4 Å². The first-order valence-electron chi connectivity index (χ1n) is 8.85. The molecule has 142 valence electrons. The lowest BCUT2D eigenvalue weighted by molar-refractivity contribution is -0.139. The van der Waals surface area contributed by atoms with Gasteiger partial charge in [0.15, 0.2) is 17.6 Å². The molecular formula is C20H22N2O5. The fourth-order valence-electron chi connectivity index (χ4n) is 2.99. The molecule has 0 spiro atoms. The molecule has 2 amide bonds. The third-order valence-corrected chi connectivity index (χ3v) is 4.51. The normalized spacial score (nSPS) is 15.3. The number of Topliss-reactive ketones (excluding diaryl/α,β-unsaturated/α-hetero) is 1. The molecule has 1 aliphatic heterocycles. The SMILES string of the molecule is CC(=O)c1cccc(OC(C)C(=O)N2CCN(C(=O)c3ccco3)CC2)c1. The molecule has 7 heteroatoms. The van der Waals surface area contributed by atoms with Crippen molar-refractivity contribution in [1.29, 1.82) is 0 Å². The maximum Gasteiger partial charge on any atom is 0.289 e. The van der Waals surface area contributed by atoms with Gasteiger partial charge in [0, 0.05) is 31.7 Å². The zero-order valence-corrected chi connectivity index (χ0v) is 15.4. The summed E-state index contributed by atoms with van der Waals surface area (Å²) in [5.41, 5.74) is 0.539. The molecule has 2 aromatic rings. The predicted molar refractivity (Wildman–Crippen MR) is 97.7 cm³/mol. The zero-order chi connectivity index (χ0) is 19.4. The number of rotatable bonds is 5. The average Bonchev–Trinajstić information content (AvgIpc) is 3.22. The van der Waals surface area contributed by atoms with E-state index in [9.17, 15) is 14.4 Å². The van der Waals surface area contributed by atoms with Gasteiger partial charge in [-0.2, -0.15) is 0 Å². The molecule has 27 heavy (non-hydrogen) atoms. The van der Waals surface area contributed by atoms with E-state index < -0.39 is 6.10 Å². The van der Waals surface area contributed by atoms with Crippen LogP contribution in [0.15, 0.2) is 47.1 Å². The summed E-state index contributed by atoms with van der Waals surface area (Å²) in [6, 6.07) is 10.1. The Morgan fingerprint density at radius 1 is 1.04 bits per heavy atom. The van der Waals surface area contributed by atoms with Crippen molar-refractivity contribution < 1.29 is 23.5 Å². The van der Waals surface area contributed by atoms with Gasteiger partial charge < -0.3 is 19.0 Å². The molecule has 0 saturated carbocycles. The van der Waals surface area contributed by atoms with Crippen molar-refractivity contribution in [3.63, 3.8) is 0 Å². The summed E-state index contributed by atoms with van der Waals surface area (Å²) in [7, 11) is 0. The van der Waals surface area contributed by atoms with Crippen molar-refractivity contribution in [2.45, 2.75) is 20.0 Å². The number of nitrogens with zero attached hydrogens (tertiary/aromatic N) is 2. The van der Waals surface area contributed by atoms with Gasteiger partial charge in [-0.1, -0.05) is 12.1 Å². The monoisotopic (exact) mass is 370 g/mol. The molecule has 0 N–H and O–H groups in total. The second-order valence-electron chi connectivity index (χ2n) is 6.44. The van der Waals surface area contributed by atoms with Crippen molar-refractivity contribution in [2.24, 2.45) is 0 Å². The molecule has 0 aliphatic carbocycles. The van der Waals surface area contributed by atoms with Crippen LogP contribution in [0.1, 0.15) is 34.8 Å². The quantitative estimate of drug-likeness (QED) is 0.754. The average molecular weight is 370 g/mol. The fourth-order valence-corrected chi connectivity index (χ4v) is 2.99. The van der Waals surface area contributed by atoms with Crippen LogP contribution in [0.2, 0.25) is 0 Å². The number of piperazine rings is 1. The lowest BCUT2D eigenvalue weighted by Gasteiger charge is -2.35. The topological polar surface area (TPSA) is 80.1 Å². The third kappa shape index (κ3) is 4.36. The molecule has 1 aliphatic rings. The number of benzene rings is 1. The number of ketones is 1. The Labute approximate surface area is 157 Å². The molecular weight excluding hydrogens is 348 g/mol. The zero-order valence-electron chi connectivity index (χ0n) is 15.4. The van der Waals surface area contributed by atoms with Crippen LogP contribution in [0.4, 0.5) is 0 Å². The minimum atomic E-state index is -0.681. The largest absolute Gasteiger partial charge is 0.481 e. The Morgan fingerprint density at radius 2 is 1.74 bits per heavy atom. The number of hydrogen-bond acceptors (Lipinski definition) is 5. The smallest absolute Gasteiger partial charge is 0.289 e. The van der Waals surface area contributed by atoms with Crippen LogP contribution >= 0.6 is 0 Å². The summed E-state index contributed by atoms with van der Waals surface area (Å²) in [6.07, 6.45) is 0.784. The van der Waals surface area contributed by atoms with Crippen LogP contribution < -0.4 is 4.74 Å². The van der Waals surface area contributed by atoms with Crippen LogP contribution in [0.25, 0.3) is 0 Å². The summed E-state index contributed by atoms with van der Waals surface area (Å²) in [6.45, 7) is 4.93. The van der Waals surface area contributed by atoms with Gasteiger partial charge in [-0.05, 0) is 38.1 Å². The Bertz CT molecular complexity index is 823. The number of amides is 2. The Morgan fingerprint density at radius 3 is 2.37 bits per heavy atom. The molecule has 1 saturated heterocycles. The van der Waals surface area contributed by atoms with Crippen molar-refractivity contribution in [3.8, 4) is 5.75 Å². The molecule has 1 atom stereocenters. The maximum atomic E-state index is 12.6. The highest BCUT2D eigenvalue weighted by Gasteiger charge is 2.29. The molecule has 3 rings (SSSR count). The van der Waals surface area contributed by atoms with Gasteiger partial charge in [0.2, 0.25) is 0 Å². The summed E-state index contributed by atoms with van der Waals surface area (Å²) in [5, 5.41) is 0. The van der Waals surface area contributed by atoms with Gasteiger partial charge in [-0.15, -0.1) is 0 Å². The first kappa shape index (κ1) is 18.7. The lowest BCUT2D eigenvalue weighted by atomic mass is 10.1. The van der Waals surface area contributed by atoms with Crippen molar-refractivity contribution in [1.82, 2.24) is 9.80 Å². The molecule has 0 bridgehead atoms. The highest BCUT2D eigenvalue weighted by molar-refractivity contribution is 5.94. The van der Waals surface area contributed by atoms with E-state index in [2.05, 4.69) is 0 Å². The first-order chi connectivity index (χ1) is 13.0. The van der Waals surface area contributed by atoms with Crippen LogP contribution in [0, 0.1) is 0 Å². The predicted octanol–water partition coefficient (Wildman–Crippen LogP) is 2.23. The van der Waals surface area contributed by atoms with E-state index in [1.54, 1.807) is 53.1 Å². The number of carbonyl (C=O) groups is 3. The van der Waals surface area contributed by atoms with E-state index in [1.165, 1.54) is 13.2 Å². The number of furan rings is 1. The van der Waals surface area contributed by atoms with E-state index in [-0.39, 0.29) is 17.6 Å². The number of ether oxygens (including phenoxy) is 1. The lowest BCUT2D eigenvalue weighted by Crippen LogP contribution is -2.53. The Kier molecular flexibility index (Phi) is 5.59. The summed E-state index contributed by atoms with van der Waals surface area (Å²) in [4.78, 5) is 39.7. The van der Waals surface area contributed by atoms with Crippen LogP contribution in [0.3, 0.4) is 0 Å². The van der Waals surface area contributed by atoms with Gasteiger partial charge in [0.1, 0.15) is 5.75 Å². The van der Waals surface area contributed by atoms with E-state index in [1.807, 2.05) is 0 Å². The highest BCUT2D eigenvalue weighted by Crippen LogP contribution is 2.17. The van der Waals surface area contributed by atoms with Crippen molar-refractivity contribution in [2.75, 3.05) is 26.2 Å². The summed E-state index contributed by atoms with van der Waals surface area (Å²) >= 11 is 0. The minimum absolute atomic E-state index is 0.0585. The van der Waals surface area contributed by atoms with Crippen LogP contribution in [0.5, 0.6) is 5.75 Å². The fraction of sp³-hybridized carbons (Fsp3) is 0.350. The molecule has 0 radical (unpaired) electrons. The van der Waals surface area contributed by atoms with Gasteiger partial charge in [0.25, 0.3) is 11.8 Å². The number of carbonyl (C=O) groups excluding carboxylic acids is 3. The van der Waals surface area contributed by atoms with E-state index >= 15 is 0 Å². The van der Waals surface area contributed by atoms with E-state index in [0.717, 1.165) is 0 Å². The second-order valence-corrected chi connectivity index (χ2v) is 6.44. The summed E-state index contributed by atoms with van der Waals surface area (Å²) < 4.78 is 10.9. The minimum Gasteiger partial charge on any atom is -0.481 e. The third-order valence-electron chi connectivity index (χ3n) is 4.51. The van der Waals surface area contributed by atoms with E-state index in [4.69, 9.17) is 9.15 Å². The van der Waals surface area contributed by atoms with Gasteiger partial charge >= 0.3 is 0 Å². The standard InChI is InChI=1S/C20H22N2O5/c1-14(23)16-5-3-6-17(13-16)27-15(2)19(24)21-8-10-22(11-9-21)20(25)18-7-4-12-26-18/h3-7,12-13,15H,8-11H2,1-2H3. The highest BCUT2D eigenvalue weighted by atomic mass is 16.5. The van der Waals surface area contributed by atoms with Gasteiger partial charge in [0.05, 0.1) is 6.26 Å². The molecule has 7 nitrogen and oxygen atoms in total. The van der Waals surface area contributed by atoms with Crippen molar-refractivity contribution >= 4 is 17.6 Å². The van der Waals surface area contributed by atoms with Gasteiger partial charge in [-0.25, -0.2) is 0 Å². The Hall–Kier alpha value is -3.09. The first-order valence-corrected chi connectivity index (χ1v) is 8.85. The second kappa shape index (κ2) is 8.07. The molecule has 2 heterocycles. The maximum absolute atomic E-state index is 12.6. The van der Waals surface area contributed by atoms with Crippen LogP contribution in [-0.2, 0) is 4.79 Å².